The van der Waals surface area contributed by atoms with E-state index < -0.39 is 17.7 Å². The van der Waals surface area contributed by atoms with E-state index in [2.05, 4.69) is 4.90 Å². The minimum atomic E-state index is -4.92. The fourth-order valence-corrected chi connectivity index (χ4v) is 5.71. The van der Waals surface area contributed by atoms with Crippen molar-refractivity contribution in [1.29, 1.82) is 0 Å². The van der Waals surface area contributed by atoms with Gasteiger partial charge in [0.05, 0.1) is 22.8 Å². The molecule has 2 aromatic carbocycles. The van der Waals surface area contributed by atoms with Gasteiger partial charge in [0.1, 0.15) is 0 Å². The Balaban J connectivity index is 1.31. The number of anilines is 1. The van der Waals surface area contributed by atoms with Gasteiger partial charge in [0.2, 0.25) is 0 Å². The Hall–Kier alpha value is -2.82. The molecule has 0 N–H and O–H groups in total. The summed E-state index contributed by atoms with van der Waals surface area (Å²) in [6.45, 7) is 1.82. The number of piperidine rings is 2. The molecule has 0 bridgehead atoms. The first-order valence-corrected chi connectivity index (χ1v) is 13.7. The van der Waals surface area contributed by atoms with Gasteiger partial charge in [-0.25, -0.2) is 0 Å². The Bertz CT molecular complexity index is 1180. The molecule has 11 heteroatoms. The highest BCUT2D eigenvalue weighted by molar-refractivity contribution is 6.34. The molecular weight excluding hydrogens is 547 g/mol. The summed E-state index contributed by atoms with van der Waals surface area (Å²) in [7, 11) is 4.28. The summed E-state index contributed by atoms with van der Waals surface area (Å²) in [5, 5.41) is 0.408. The molecule has 2 saturated heterocycles. The summed E-state index contributed by atoms with van der Waals surface area (Å²) in [5.41, 5.74) is -1.88. The molecule has 7 nitrogen and oxygen atoms in total. The van der Waals surface area contributed by atoms with Crippen LogP contribution in [0.5, 0.6) is 0 Å². The zero-order valence-corrected chi connectivity index (χ0v) is 23.7. The number of carbonyl (C=O) groups excluding carboxylic acids is 2. The number of ether oxygens (including phenoxy) is 2. The number of carbonyl (C=O) groups is 2. The minimum absolute atomic E-state index is 0.0196. The van der Waals surface area contributed by atoms with Crippen LogP contribution in [0.1, 0.15) is 41.6 Å². The van der Waals surface area contributed by atoms with Crippen molar-refractivity contribution >= 4 is 29.1 Å². The number of rotatable bonds is 7. The molecule has 0 aromatic heterocycles. The predicted octanol–water partition coefficient (Wildman–Crippen LogP) is 5.12. The molecule has 2 amide bonds. The summed E-state index contributed by atoms with van der Waals surface area (Å²) in [6, 6.07) is 12.5. The van der Waals surface area contributed by atoms with Gasteiger partial charge in [0.15, 0.2) is 0 Å². The molecule has 40 heavy (non-hydrogen) atoms. The maximum Gasteiger partial charge on any atom is 0.430 e. The normalized spacial score (nSPS) is 18.9. The molecule has 2 aromatic rings. The first-order chi connectivity index (χ1) is 19.0. The highest BCUT2D eigenvalue weighted by Crippen LogP contribution is 2.44. The van der Waals surface area contributed by atoms with E-state index >= 15 is 0 Å². The van der Waals surface area contributed by atoms with Crippen molar-refractivity contribution in [3.63, 3.8) is 0 Å². The molecule has 1 unspecified atom stereocenters. The zero-order chi connectivity index (χ0) is 29.1. The van der Waals surface area contributed by atoms with Gasteiger partial charge in [-0.1, -0.05) is 41.9 Å². The molecule has 1 atom stereocenters. The van der Waals surface area contributed by atoms with E-state index in [1.165, 1.54) is 34.1 Å². The van der Waals surface area contributed by atoms with Crippen LogP contribution in [0.2, 0.25) is 5.02 Å². The monoisotopic (exact) mass is 581 g/mol. The molecule has 0 spiro atoms. The molecular formula is C29H35ClF3N3O4. The summed E-state index contributed by atoms with van der Waals surface area (Å²) < 4.78 is 54.1. The lowest BCUT2D eigenvalue weighted by Gasteiger charge is -2.41. The third kappa shape index (κ3) is 6.09. The number of likely N-dealkylation sites (tertiary alicyclic amines) is 1. The number of methoxy groups -OCH3 is 1. The quantitative estimate of drug-likeness (QED) is 0.454. The predicted molar refractivity (Wildman–Crippen MR) is 147 cm³/mol. The van der Waals surface area contributed by atoms with Crippen molar-refractivity contribution in [2.75, 3.05) is 52.3 Å². The van der Waals surface area contributed by atoms with Gasteiger partial charge < -0.3 is 24.2 Å². The van der Waals surface area contributed by atoms with Gasteiger partial charge in [-0.3, -0.25) is 9.59 Å². The third-order valence-electron chi connectivity index (χ3n) is 7.70. The maximum atomic E-state index is 14.3. The molecule has 2 fully saturated rings. The third-order valence-corrected chi connectivity index (χ3v) is 8.01. The molecule has 2 aliphatic rings. The van der Waals surface area contributed by atoms with E-state index in [0.717, 1.165) is 38.7 Å². The molecule has 0 saturated carbocycles. The zero-order valence-electron chi connectivity index (χ0n) is 22.9. The fraction of sp³-hybridized carbons (Fsp3) is 0.517. The highest BCUT2D eigenvalue weighted by Gasteiger charge is 2.63. The molecule has 2 aliphatic heterocycles. The Labute approximate surface area is 237 Å². The SMILES string of the molecule is COC(C(=O)N1CCC(OC2CCN(c3ccc(C(=O)N(C)C)c(Cl)c3)CC2)CC1)(c1ccccc1)C(F)(F)F. The molecule has 218 valence electrons. The Morgan fingerprint density at radius 2 is 1.50 bits per heavy atom. The van der Waals surface area contributed by atoms with E-state index in [0.29, 0.717) is 23.4 Å². The van der Waals surface area contributed by atoms with Crippen molar-refractivity contribution in [2.45, 2.75) is 49.7 Å². The van der Waals surface area contributed by atoms with Crippen LogP contribution in [0.15, 0.2) is 48.5 Å². The number of nitrogens with zero attached hydrogens (tertiary/aromatic N) is 3. The van der Waals surface area contributed by atoms with Crippen LogP contribution in [-0.2, 0) is 19.9 Å². The van der Waals surface area contributed by atoms with Gasteiger partial charge in [0, 0.05) is 58.6 Å². The van der Waals surface area contributed by atoms with Crippen molar-refractivity contribution in [3.8, 4) is 0 Å². The van der Waals surface area contributed by atoms with E-state index in [-0.39, 0.29) is 36.8 Å². The van der Waals surface area contributed by atoms with Crippen molar-refractivity contribution in [3.05, 3.63) is 64.7 Å². The molecule has 0 radical (unpaired) electrons. The molecule has 4 rings (SSSR count). The largest absolute Gasteiger partial charge is 0.430 e. The van der Waals surface area contributed by atoms with Crippen LogP contribution < -0.4 is 4.90 Å². The van der Waals surface area contributed by atoms with Crippen LogP contribution in [-0.4, -0.2) is 87.4 Å². The van der Waals surface area contributed by atoms with Crippen molar-refractivity contribution in [1.82, 2.24) is 9.80 Å². The van der Waals surface area contributed by atoms with E-state index in [1.807, 2.05) is 12.1 Å². The number of alkyl halides is 3. The highest BCUT2D eigenvalue weighted by atomic mass is 35.5. The van der Waals surface area contributed by atoms with Gasteiger partial charge in [-0.2, -0.15) is 13.2 Å². The number of benzene rings is 2. The van der Waals surface area contributed by atoms with Crippen molar-refractivity contribution < 1.29 is 32.2 Å². The lowest BCUT2D eigenvalue weighted by atomic mass is 9.90. The number of hydrogen-bond donors (Lipinski definition) is 0. The standard InChI is InChI=1S/C29H35ClF3N3O4/c1-34(2)26(37)24-10-9-21(19-25(24)30)35-15-11-22(12-16-35)40-23-13-17-36(18-14-23)27(38)28(39-3,29(31,32)33)20-7-5-4-6-8-20/h4-10,19,22-23H,11-18H2,1-3H3. The summed E-state index contributed by atoms with van der Waals surface area (Å²) >= 11 is 6.38. The summed E-state index contributed by atoms with van der Waals surface area (Å²) in [5.74, 6) is -1.25. The van der Waals surface area contributed by atoms with Crippen LogP contribution in [0, 0.1) is 0 Å². The topological polar surface area (TPSA) is 62.3 Å². The second-order valence-corrected chi connectivity index (χ2v) is 10.8. The van der Waals surface area contributed by atoms with Crippen LogP contribution in [0.4, 0.5) is 18.9 Å². The van der Waals surface area contributed by atoms with Gasteiger partial charge in [0.25, 0.3) is 17.4 Å². The Kier molecular flexibility index (Phi) is 9.32. The summed E-state index contributed by atoms with van der Waals surface area (Å²) in [6.07, 6.45) is -2.57. The van der Waals surface area contributed by atoms with E-state index in [9.17, 15) is 22.8 Å². The lowest BCUT2D eigenvalue weighted by Crippen LogP contribution is -2.58. The number of halogens is 4. The number of hydrogen-bond acceptors (Lipinski definition) is 5. The summed E-state index contributed by atoms with van der Waals surface area (Å²) in [4.78, 5) is 30.5. The van der Waals surface area contributed by atoms with Gasteiger partial charge in [-0.15, -0.1) is 0 Å². The minimum Gasteiger partial charge on any atom is -0.375 e. The lowest BCUT2D eigenvalue weighted by molar-refractivity contribution is -0.271. The second-order valence-electron chi connectivity index (χ2n) is 10.4. The average Bonchev–Trinajstić information content (AvgIpc) is 2.94. The number of amides is 2. The second kappa shape index (κ2) is 12.4. The fourth-order valence-electron chi connectivity index (χ4n) is 5.46. The van der Waals surface area contributed by atoms with Crippen LogP contribution in [0.3, 0.4) is 0 Å². The van der Waals surface area contributed by atoms with E-state index in [4.69, 9.17) is 21.1 Å². The molecule has 0 aliphatic carbocycles. The van der Waals surface area contributed by atoms with Crippen molar-refractivity contribution in [2.24, 2.45) is 0 Å². The molecule has 2 heterocycles. The first kappa shape index (κ1) is 30.1. The Morgan fingerprint density at radius 3 is 2.00 bits per heavy atom. The van der Waals surface area contributed by atoms with E-state index in [1.54, 1.807) is 26.2 Å². The van der Waals surface area contributed by atoms with Crippen LogP contribution in [0.25, 0.3) is 0 Å². The first-order valence-electron chi connectivity index (χ1n) is 13.4. The van der Waals surface area contributed by atoms with Gasteiger partial charge >= 0.3 is 6.18 Å². The smallest absolute Gasteiger partial charge is 0.375 e. The van der Waals surface area contributed by atoms with Gasteiger partial charge in [-0.05, 0) is 43.9 Å². The Morgan fingerprint density at radius 1 is 0.925 bits per heavy atom. The average molecular weight is 582 g/mol. The maximum absolute atomic E-state index is 14.3. The van der Waals surface area contributed by atoms with Crippen LogP contribution >= 0.6 is 11.6 Å².